The minimum atomic E-state index is -0.493. The van der Waals surface area contributed by atoms with E-state index in [4.69, 9.17) is 0 Å². The van der Waals surface area contributed by atoms with E-state index in [9.17, 15) is 5.11 Å². The summed E-state index contributed by atoms with van der Waals surface area (Å²) in [5, 5.41) is 14.0. The van der Waals surface area contributed by atoms with E-state index in [1.54, 1.807) is 12.4 Å². The molecule has 1 heterocycles. The number of aliphatic hydroxyl groups is 1. The lowest BCUT2D eigenvalue weighted by Crippen LogP contribution is -2.21. The Morgan fingerprint density at radius 2 is 1.89 bits per heavy atom. The second-order valence-electron chi connectivity index (χ2n) is 4.14. The van der Waals surface area contributed by atoms with Crippen LogP contribution in [0.2, 0.25) is 0 Å². The van der Waals surface area contributed by atoms with Crippen LogP contribution < -0.4 is 5.32 Å². The summed E-state index contributed by atoms with van der Waals surface area (Å²) in [7, 11) is 0. The molecule has 2 N–H and O–H groups in total. The van der Waals surface area contributed by atoms with Crippen molar-refractivity contribution < 1.29 is 5.11 Å². The van der Waals surface area contributed by atoms with Gasteiger partial charge in [-0.2, -0.15) is 0 Å². The van der Waals surface area contributed by atoms with Crippen molar-refractivity contribution in [3.05, 3.63) is 53.9 Å². The van der Waals surface area contributed by atoms with E-state index in [1.165, 1.54) is 11.8 Å². The molecule has 0 radical (unpaired) electrons. The number of hydrogen-bond acceptors (Lipinski definition) is 5. The van der Waals surface area contributed by atoms with Gasteiger partial charge < -0.3 is 10.4 Å². The second-order valence-corrected chi connectivity index (χ2v) is 4.91. The lowest BCUT2D eigenvalue weighted by molar-refractivity contribution is 0.174. The van der Waals surface area contributed by atoms with E-state index in [-0.39, 0.29) is 0 Å². The van der Waals surface area contributed by atoms with E-state index in [0.717, 1.165) is 16.3 Å². The van der Waals surface area contributed by atoms with Crippen LogP contribution in [0.5, 0.6) is 0 Å². The Bertz CT molecular complexity index is 490. The summed E-state index contributed by atoms with van der Waals surface area (Å²) >= 11 is 1.52. The molecule has 2 rings (SSSR count). The number of thioether (sulfide) groups is 1. The van der Waals surface area contributed by atoms with Crippen LogP contribution in [0.3, 0.4) is 0 Å². The maximum Gasteiger partial charge on any atom is 0.187 e. The van der Waals surface area contributed by atoms with E-state index >= 15 is 0 Å². The van der Waals surface area contributed by atoms with Gasteiger partial charge in [0.05, 0.1) is 6.10 Å². The molecular weight excluding hydrogens is 258 g/mol. The van der Waals surface area contributed by atoms with Crippen molar-refractivity contribution in [1.82, 2.24) is 15.3 Å². The molecule has 0 aliphatic rings. The van der Waals surface area contributed by atoms with Crippen molar-refractivity contribution in [3.8, 4) is 0 Å². The molecule has 2 aromatic rings. The summed E-state index contributed by atoms with van der Waals surface area (Å²) in [5.41, 5.74) is 1.93. The Hall–Kier alpha value is -1.43. The van der Waals surface area contributed by atoms with Gasteiger partial charge in [-0.1, -0.05) is 42.1 Å². The lowest BCUT2D eigenvalue weighted by atomic mass is 10.1. The molecule has 1 aromatic carbocycles. The molecule has 0 fully saturated rings. The number of hydrogen-bond donors (Lipinski definition) is 2. The van der Waals surface area contributed by atoms with E-state index in [1.807, 2.05) is 36.6 Å². The smallest absolute Gasteiger partial charge is 0.187 e. The van der Waals surface area contributed by atoms with E-state index < -0.39 is 6.10 Å². The molecule has 0 unspecified atom stereocenters. The third-order valence-electron chi connectivity index (χ3n) is 2.72. The van der Waals surface area contributed by atoms with Crippen molar-refractivity contribution in [1.29, 1.82) is 0 Å². The van der Waals surface area contributed by atoms with Gasteiger partial charge in [0, 0.05) is 31.0 Å². The van der Waals surface area contributed by atoms with Crippen molar-refractivity contribution in [3.63, 3.8) is 0 Å². The fourth-order valence-corrected chi connectivity index (χ4v) is 2.00. The Labute approximate surface area is 117 Å². The highest BCUT2D eigenvalue weighted by Gasteiger charge is 2.06. The molecule has 0 aliphatic heterocycles. The predicted molar refractivity (Wildman–Crippen MR) is 76.9 cm³/mol. The molecule has 1 aromatic heterocycles. The Kier molecular flexibility index (Phi) is 5.32. The summed E-state index contributed by atoms with van der Waals surface area (Å²) in [6, 6.07) is 9.63. The maximum atomic E-state index is 9.98. The van der Waals surface area contributed by atoms with Gasteiger partial charge in [0.15, 0.2) is 5.16 Å². The van der Waals surface area contributed by atoms with Gasteiger partial charge in [-0.25, -0.2) is 9.97 Å². The van der Waals surface area contributed by atoms with Gasteiger partial charge >= 0.3 is 0 Å². The average molecular weight is 275 g/mol. The van der Waals surface area contributed by atoms with Crippen LogP contribution in [0.15, 0.2) is 47.9 Å². The Morgan fingerprint density at radius 1 is 1.21 bits per heavy atom. The standard InChI is InChI=1S/C14H17N3OS/c1-19-14-16-8-11(9-17-14)7-15-10-13(18)12-5-3-2-4-6-12/h2-6,8-9,13,15,18H,7,10H2,1H3/t13-/m1/s1. The summed E-state index contributed by atoms with van der Waals surface area (Å²) in [6.45, 7) is 1.16. The zero-order chi connectivity index (χ0) is 13.5. The first kappa shape index (κ1) is 14.0. The fraction of sp³-hybridized carbons (Fsp3) is 0.286. The van der Waals surface area contributed by atoms with Crippen molar-refractivity contribution in [2.75, 3.05) is 12.8 Å². The van der Waals surface area contributed by atoms with Gasteiger partial charge in [-0.15, -0.1) is 0 Å². The molecular formula is C14H17N3OS. The van der Waals surface area contributed by atoms with Crippen molar-refractivity contribution in [2.45, 2.75) is 17.8 Å². The highest BCUT2D eigenvalue weighted by Crippen LogP contribution is 2.11. The molecule has 19 heavy (non-hydrogen) atoms. The Morgan fingerprint density at radius 3 is 2.53 bits per heavy atom. The topological polar surface area (TPSA) is 58.0 Å². The van der Waals surface area contributed by atoms with Crippen LogP contribution in [0.25, 0.3) is 0 Å². The van der Waals surface area contributed by atoms with Crippen molar-refractivity contribution >= 4 is 11.8 Å². The number of aromatic nitrogens is 2. The van der Waals surface area contributed by atoms with Gasteiger partial charge in [-0.3, -0.25) is 0 Å². The molecule has 1 atom stereocenters. The van der Waals surface area contributed by atoms with Crippen LogP contribution >= 0.6 is 11.8 Å². The SMILES string of the molecule is CSc1ncc(CNC[C@@H](O)c2ccccc2)cn1. The third-order valence-corrected chi connectivity index (χ3v) is 3.29. The maximum absolute atomic E-state index is 9.98. The zero-order valence-electron chi connectivity index (χ0n) is 10.8. The van der Waals surface area contributed by atoms with Crippen LogP contribution in [-0.2, 0) is 6.54 Å². The number of nitrogens with one attached hydrogen (secondary N) is 1. The van der Waals surface area contributed by atoms with Crippen LogP contribution in [0.1, 0.15) is 17.2 Å². The highest BCUT2D eigenvalue weighted by atomic mass is 32.2. The van der Waals surface area contributed by atoms with Gasteiger partial charge in [-0.05, 0) is 11.8 Å². The number of benzene rings is 1. The van der Waals surface area contributed by atoms with Gasteiger partial charge in [0.25, 0.3) is 0 Å². The van der Waals surface area contributed by atoms with Gasteiger partial charge in [0.2, 0.25) is 0 Å². The first-order chi connectivity index (χ1) is 9.29. The zero-order valence-corrected chi connectivity index (χ0v) is 11.6. The first-order valence-electron chi connectivity index (χ1n) is 6.08. The van der Waals surface area contributed by atoms with Crippen LogP contribution in [0.4, 0.5) is 0 Å². The molecule has 0 amide bonds. The molecule has 0 saturated heterocycles. The summed E-state index contributed by atoms with van der Waals surface area (Å²) in [6.07, 6.45) is 5.07. The van der Waals surface area contributed by atoms with E-state index in [0.29, 0.717) is 13.1 Å². The van der Waals surface area contributed by atoms with Gasteiger partial charge in [0.1, 0.15) is 0 Å². The summed E-state index contributed by atoms with van der Waals surface area (Å²) in [4.78, 5) is 8.40. The Balaban J connectivity index is 1.79. The lowest BCUT2D eigenvalue weighted by Gasteiger charge is -2.12. The molecule has 100 valence electrons. The molecule has 0 bridgehead atoms. The molecule has 5 heteroatoms. The first-order valence-corrected chi connectivity index (χ1v) is 7.30. The quantitative estimate of drug-likeness (QED) is 0.624. The minimum Gasteiger partial charge on any atom is -0.387 e. The summed E-state index contributed by atoms with van der Waals surface area (Å²) < 4.78 is 0. The van der Waals surface area contributed by atoms with Crippen molar-refractivity contribution in [2.24, 2.45) is 0 Å². The molecule has 0 aliphatic carbocycles. The van der Waals surface area contributed by atoms with E-state index in [2.05, 4.69) is 15.3 Å². The monoisotopic (exact) mass is 275 g/mol. The number of nitrogens with zero attached hydrogens (tertiary/aromatic N) is 2. The largest absolute Gasteiger partial charge is 0.387 e. The average Bonchev–Trinajstić information content (AvgIpc) is 2.49. The minimum absolute atomic E-state index is 0.493. The molecule has 4 nitrogen and oxygen atoms in total. The third kappa shape index (κ3) is 4.31. The fourth-order valence-electron chi connectivity index (χ4n) is 1.69. The number of aliphatic hydroxyl groups excluding tert-OH is 1. The second kappa shape index (κ2) is 7.23. The molecule has 0 saturated carbocycles. The van der Waals surface area contributed by atoms with Crippen LogP contribution in [-0.4, -0.2) is 27.9 Å². The summed E-state index contributed by atoms with van der Waals surface area (Å²) in [5.74, 6) is 0. The predicted octanol–water partition coefficient (Wildman–Crippen LogP) is 2.02. The van der Waals surface area contributed by atoms with Crippen LogP contribution in [0, 0.1) is 0 Å². The normalized spacial score (nSPS) is 12.3. The molecule has 0 spiro atoms. The highest BCUT2D eigenvalue weighted by molar-refractivity contribution is 7.98. The number of rotatable bonds is 6.